The number of unbranched alkanes of at least 4 members (excludes halogenated alkanes) is 52. The van der Waals surface area contributed by atoms with Gasteiger partial charge >= 0.3 is 11.9 Å². The largest absolute Gasteiger partial charge is 0.462 e. The van der Waals surface area contributed by atoms with Gasteiger partial charge in [-0.25, -0.2) is 0 Å². The summed E-state index contributed by atoms with van der Waals surface area (Å²) in [5.41, 5.74) is 0. The number of esters is 2. The molecule has 1 unspecified atom stereocenters. The normalized spacial score (nSPS) is 12.6. The van der Waals surface area contributed by atoms with Crippen molar-refractivity contribution in [1.82, 2.24) is 0 Å². The Hall–Kier alpha value is -2.92. The van der Waals surface area contributed by atoms with Crippen LogP contribution in [0.4, 0.5) is 0 Å². The summed E-state index contributed by atoms with van der Waals surface area (Å²) < 4.78 is 10.8. The minimum atomic E-state index is -0.774. The molecule has 0 aliphatic carbocycles. The van der Waals surface area contributed by atoms with Crippen LogP contribution in [0.5, 0.6) is 0 Å². The lowest BCUT2D eigenvalue weighted by Gasteiger charge is -2.15. The zero-order valence-electron chi connectivity index (χ0n) is 59.7. The van der Waals surface area contributed by atoms with Gasteiger partial charge in [0.2, 0.25) is 0 Å². The van der Waals surface area contributed by atoms with Crippen LogP contribution in [0.15, 0.2) is 85.1 Å². The average Bonchev–Trinajstić information content (AvgIpc) is 3.55. The maximum Gasteiger partial charge on any atom is 0.306 e. The number of aliphatic hydroxyl groups is 1. The Bertz CT molecular complexity index is 1600. The zero-order valence-corrected chi connectivity index (χ0v) is 59.7. The maximum atomic E-state index is 12.4. The summed E-state index contributed by atoms with van der Waals surface area (Å²) in [6.07, 6.45) is 112. The summed E-state index contributed by atoms with van der Waals surface area (Å²) >= 11 is 0. The summed E-state index contributed by atoms with van der Waals surface area (Å²) in [7, 11) is 0. The van der Waals surface area contributed by atoms with Crippen LogP contribution in [0, 0.1) is 0 Å². The number of carbonyl (C=O) groups is 2. The van der Waals surface area contributed by atoms with E-state index in [1.807, 2.05) is 0 Å². The SMILES string of the molecule is CC/C=C\C/C=C\C/C=C\C/C=C\C/C=C\C/C=C\C/C=C\CCCCCCCCCCCCCCCCCCCC(=O)OC(CO)COC(=O)CCCCCCCCCCCCCCCCCCCCCCCCCCCCCCCCCCCCCC. The third kappa shape index (κ3) is 77.4. The van der Waals surface area contributed by atoms with E-state index in [0.29, 0.717) is 12.8 Å². The molecule has 0 radical (unpaired) electrons. The van der Waals surface area contributed by atoms with Gasteiger partial charge in [-0.1, -0.05) is 420 Å². The predicted octanol–water partition coefficient (Wildman–Crippen LogP) is 27.9. The van der Waals surface area contributed by atoms with Gasteiger partial charge < -0.3 is 14.6 Å². The Kier molecular flexibility index (Phi) is 76.7. The van der Waals surface area contributed by atoms with E-state index in [0.717, 1.165) is 77.0 Å². The van der Waals surface area contributed by atoms with Gasteiger partial charge in [-0.15, -0.1) is 0 Å². The molecule has 0 saturated carbocycles. The lowest BCUT2D eigenvalue weighted by atomic mass is 10.0. The molecule has 1 N–H and O–H groups in total. The molecule has 0 amide bonds. The Balaban J connectivity index is 3.40. The Morgan fingerprint density at radius 2 is 0.483 bits per heavy atom. The van der Waals surface area contributed by atoms with Crippen molar-refractivity contribution in [2.24, 2.45) is 0 Å². The van der Waals surface area contributed by atoms with Gasteiger partial charge in [0.05, 0.1) is 6.61 Å². The van der Waals surface area contributed by atoms with Gasteiger partial charge in [0, 0.05) is 12.8 Å². The van der Waals surface area contributed by atoms with Crippen molar-refractivity contribution in [3.63, 3.8) is 0 Å². The topological polar surface area (TPSA) is 72.8 Å². The van der Waals surface area contributed by atoms with Crippen molar-refractivity contribution in [1.29, 1.82) is 0 Å². The maximum absolute atomic E-state index is 12.4. The molecule has 0 bridgehead atoms. The van der Waals surface area contributed by atoms with E-state index in [9.17, 15) is 14.7 Å². The first-order valence-electron chi connectivity index (χ1n) is 39.6. The monoisotopic (exact) mass is 1240 g/mol. The van der Waals surface area contributed by atoms with Gasteiger partial charge in [-0.3, -0.25) is 9.59 Å². The lowest BCUT2D eigenvalue weighted by molar-refractivity contribution is -0.161. The zero-order chi connectivity index (χ0) is 64.0. The van der Waals surface area contributed by atoms with E-state index in [4.69, 9.17) is 9.47 Å². The summed E-state index contributed by atoms with van der Waals surface area (Å²) in [4.78, 5) is 24.7. The Morgan fingerprint density at radius 3 is 0.730 bits per heavy atom. The minimum Gasteiger partial charge on any atom is -0.462 e. The molecular weight excluding hydrogens is 1090 g/mol. The fourth-order valence-electron chi connectivity index (χ4n) is 12.1. The average molecular weight is 1240 g/mol. The number of hydrogen-bond acceptors (Lipinski definition) is 5. The standard InChI is InChI=1S/C84H152O5/c1-3-5-7-9-11-13-15-17-19-21-23-25-27-29-31-33-35-37-39-41-42-43-45-47-49-51-53-55-57-59-61-63-65-67-69-71-73-75-77-79-84(87)89-82(80-85)81-88-83(86)78-76-74-72-70-68-66-64-62-60-58-56-54-52-50-48-46-44-40-38-36-34-32-30-28-26-24-22-20-18-16-14-12-10-8-6-4-2/h5,7,11,13,17,19,23,25,29,31,35,37,41-42,82,85H,3-4,6,8-10,12,14-16,18,20-22,24,26-28,30,32-34,36,38-40,43-81H2,1-2H3/b7-5-,13-11-,19-17-,25-23-,31-29-,37-35-,42-41-. The predicted molar refractivity (Wildman–Crippen MR) is 394 cm³/mol. The highest BCUT2D eigenvalue weighted by atomic mass is 16.6. The van der Waals surface area contributed by atoms with Crippen LogP contribution in [-0.4, -0.2) is 36.4 Å². The Morgan fingerprint density at radius 1 is 0.270 bits per heavy atom. The van der Waals surface area contributed by atoms with E-state index >= 15 is 0 Å². The summed E-state index contributed by atoms with van der Waals surface area (Å²) in [6, 6.07) is 0. The first kappa shape index (κ1) is 86.1. The van der Waals surface area contributed by atoms with Crippen molar-refractivity contribution in [2.45, 2.75) is 424 Å². The third-order valence-corrected chi connectivity index (χ3v) is 18.0. The molecule has 0 heterocycles. The molecule has 518 valence electrons. The number of rotatable bonds is 74. The molecule has 0 aromatic rings. The molecule has 0 aliphatic rings. The number of ether oxygens (including phenoxy) is 2. The summed E-state index contributed by atoms with van der Waals surface area (Å²) in [5, 5.41) is 9.73. The number of carbonyl (C=O) groups excluding carboxylic acids is 2. The Labute approximate surface area is 556 Å². The smallest absolute Gasteiger partial charge is 0.306 e. The fraction of sp³-hybridized carbons (Fsp3) is 0.810. The number of aliphatic hydroxyl groups excluding tert-OH is 1. The minimum absolute atomic E-state index is 0.0619. The van der Waals surface area contributed by atoms with E-state index in [1.54, 1.807) is 0 Å². The van der Waals surface area contributed by atoms with Crippen molar-refractivity contribution >= 4 is 11.9 Å². The van der Waals surface area contributed by atoms with Gasteiger partial charge in [0.1, 0.15) is 6.61 Å². The number of hydrogen-bond donors (Lipinski definition) is 1. The van der Waals surface area contributed by atoms with Gasteiger partial charge in [0.15, 0.2) is 6.10 Å². The van der Waals surface area contributed by atoms with E-state index in [2.05, 4.69) is 98.9 Å². The van der Waals surface area contributed by atoms with Gasteiger partial charge in [0.25, 0.3) is 0 Å². The highest BCUT2D eigenvalue weighted by Crippen LogP contribution is 2.20. The van der Waals surface area contributed by atoms with Gasteiger partial charge in [-0.2, -0.15) is 0 Å². The fourth-order valence-corrected chi connectivity index (χ4v) is 12.1. The van der Waals surface area contributed by atoms with Crippen molar-refractivity contribution in [3.05, 3.63) is 85.1 Å². The molecule has 5 nitrogen and oxygen atoms in total. The van der Waals surface area contributed by atoms with Gasteiger partial charge in [-0.05, 0) is 70.6 Å². The van der Waals surface area contributed by atoms with Crippen LogP contribution in [0.3, 0.4) is 0 Å². The van der Waals surface area contributed by atoms with E-state index in [-0.39, 0.29) is 25.2 Å². The van der Waals surface area contributed by atoms with Crippen LogP contribution < -0.4 is 0 Å². The highest BCUT2D eigenvalue weighted by Gasteiger charge is 2.16. The second-order valence-corrected chi connectivity index (χ2v) is 26.8. The first-order valence-corrected chi connectivity index (χ1v) is 39.6. The molecule has 5 heteroatoms. The molecule has 89 heavy (non-hydrogen) atoms. The molecule has 0 aromatic heterocycles. The molecule has 0 rings (SSSR count). The van der Waals surface area contributed by atoms with Crippen LogP contribution >= 0.6 is 0 Å². The molecule has 0 aliphatic heterocycles. The quantitative estimate of drug-likeness (QED) is 0.0373. The molecule has 0 fully saturated rings. The molecule has 1 atom stereocenters. The van der Waals surface area contributed by atoms with Crippen LogP contribution in [0.1, 0.15) is 418 Å². The van der Waals surface area contributed by atoms with E-state index < -0.39 is 6.10 Å². The first-order chi connectivity index (χ1) is 44.1. The second kappa shape index (κ2) is 79.3. The summed E-state index contributed by atoms with van der Waals surface area (Å²) in [6.45, 7) is 4.09. The highest BCUT2D eigenvalue weighted by molar-refractivity contribution is 5.70. The second-order valence-electron chi connectivity index (χ2n) is 26.8. The van der Waals surface area contributed by atoms with Crippen molar-refractivity contribution < 1.29 is 24.2 Å². The molecular formula is C84H152O5. The molecule has 0 spiro atoms. The molecule has 0 saturated heterocycles. The van der Waals surface area contributed by atoms with E-state index in [1.165, 1.54) is 315 Å². The van der Waals surface area contributed by atoms with Crippen LogP contribution in [-0.2, 0) is 19.1 Å². The third-order valence-electron chi connectivity index (χ3n) is 18.0. The van der Waals surface area contributed by atoms with Crippen molar-refractivity contribution in [3.8, 4) is 0 Å². The van der Waals surface area contributed by atoms with Crippen molar-refractivity contribution in [2.75, 3.05) is 13.2 Å². The number of allylic oxidation sites excluding steroid dienone is 14. The van der Waals surface area contributed by atoms with Crippen LogP contribution in [0.2, 0.25) is 0 Å². The van der Waals surface area contributed by atoms with Crippen LogP contribution in [0.25, 0.3) is 0 Å². The molecule has 0 aromatic carbocycles. The summed E-state index contributed by atoms with van der Waals surface area (Å²) in [5.74, 6) is -0.569. The lowest BCUT2D eigenvalue weighted by Crippen LogP contribution is -2.28.